The van der Waals surface area contributed by atoms with E-state index in [0.29, 0.717) is 12.8 Å². The Morgan fingerprint density at radius 1 is 1.23 bits per heavy atom. The van der Waals surface area contributed by atoms with Gasteiger partial charge in [0, 0.05) is 12.5 Å². The summed E-state index contributed by atoms with van der Waals surface area (Å²) in [6.45, 7) is 5.30. The van der Waals surface area contributed by atoms with Crippen LogP contribution in [0, 0.1) is 17.0 Å². The highest BCUT2D eigenvalue weighted by Gasteiger charge is 2.54. The number of likely N-dealkylation sites (tertiary alicyclic amines) is 1. The Hall–Kier alpha value is -1.98. The average molecular weight is 311 g/mol. The second-order valence-corrected chi connectivity index (χ2v) is 6.63. The van der Waals surface area contributed by atoms with Gasteiger partial charge in [-0.3, -0.25) is 4.79 Å². The number of benzene rings is 1. The standard InChI is InChI=1S/C16H19F2NO3/c1-15(2,3)16(10-7-11(17)9-12(18)8-10)6-4-5-13(20)19(16)14(21)22/h7-9H,4-6H2,1-3H3,(H,21,22)/t16-/m1/s1. The molecule has 0 saturated carbocycles. The monoisotopic (exact) mass is 311 g/mol. The Balaban J connectivity index is 2.76. The van der Waals surface area contributed by atoms with Gasteiger partial charge in [-0.05, 0) is 36.0 Å². The third-order valence-electron chi connectivity index (χ3n) is 4.33. The van der Waals surface area contributed by atoms with Crippen molar-refractivity contribution in [1.82, 2.24) is 4.90 Å². The van der Waals surface area contributed by atoms with Crippen LogP contribution in [0.25, 0.3) is 0 Å². The lowest BCUT2D eigenvalue weighted by Crippen LogP contribution is -2.61. The highest BCUT2D eigenvalue weighted by Crippen LogP contribution is 2.50. The summed E-state index contributed by atoms with van der Waals surface area (Å²) in [6.07, 6.45) is -0.485. The van der Waals surface area contributed by atoms with Crippen LogP contribution in [0.15, 0.2) is 18.2 Å². The third-order valence-corrected chi connectivity index (χ3v) is 4.33. The maximum Gasteiger partial charge on any atom is 0.414 e. The van der Waals surface area contributed by atoms with E-state index in [0.717, 1.165) is 23.1 Å². The first kappa shape index (κ1) is 16.4. The van der Waals surface area contributed by atoms with Gasteiger partial charge in [-0.25, -0.2) is 18.5 Å². The molecular weight excluding hydrogens is 292 g/mol. The Kier molecular flexibility index (Phi) is 3.98. The molecule has 6 heteroatoms. The molecule has 0 bridgehead atoms. The summed E-state index contributed by atoms with van der Waals surface area (Å²) >= 11 is 0. The molecule has 1 fully saturated rings. The van der Waals surface area contributed by atoms with Crippen LogP contribution in [0.4, 0.5) is 13.6 Å². The highest BCUT2D eigenvalue weighted by atomic mass is 19.1. The summed E-state index contributed by atoms with van der Waals surface area (Å²) in [4.78, 5) is 24.6. The minimum absolute atomic E-state index is 0.113. The first-order chi connectivity index (χ1) is 10.1. The fourth-order valence-corrected chi connectivity index (χ4v) is 3.41. The fraction of sp³-hybridized carbons (Fsp3) is 0.500. The Morgan fingerprint density at radius 2 is 1.77 bits per heavy atom. The predicted molar refractivity (Wildman–Crippen MR) is 76.2 cm³/mol. The van der Waals surface area contributed by atoms with Crippen LogP contribution < -0.4 is 0 Å². The molecule has 1 N–H and O–H groups in total. The molecule has 4 nitrogen and oxygen atoms in total. The summed E-state index contributed by atoms with van der Waals surface area (Å²) in [7, 11) is 0. The van der Waals surface area contributed by atoms with Crippen molar-refractivity contribution in [3.63, 3.8) is 0 Å². The maximum absolute atomic E-state index is 13.7. The van der Waals surface area contributed by atoms with Gasteiger partial charge >= 0.3 is 6.09 Å². The van der Waals surface area contributed by atoms with Crippen molar-refractivity contribution in [2.75, 3.05) is 0 Å². The van der Waals surface area contributed by atoms with Crippen molar-refractivity contribution in [2.24, 2.45) is 5.41 Å². The van der Waals surface area contributed by atoms with Crippen LogP contribution in [0.3, 0.4) is 0 Å². The van der Waals surface area contributed by atoms with Crippen molar-refractivity contribution >= 4 is 12.0 Å². The number of piperidine rings is 1. The van der Waals surface area contributed by atoms with Crippen molar-refractivity contribution in [3.05, 3.63) is 35.4 Å². The van der Waals surface area contributed by atoms with Crippen LogP contribution in [0.1, 0.15) is 45.6 Å². The summed E-state index contributed by atoms with van der Waals surface area (Å²) in [5, 5.41) is 9.53. The first-order valence-corrected chi connectivity index (χ1v) is 7.12. The number of hydrogen-bond acceptors (Lipinski definition) is 2. The number of amides is 2. The van der Waals surface area contributed by atoms with Crippen molar-refractivity contribution in [3.8, 4) is 0 Å². The summed E-state index contributed by atoms with van der Waals surface area (Å²) in [6, 6.07) is 2.96. The molecule has 1 aromatic carbocycles. The zero-order valence-electron chi connectivity index (χ0n) is 12.8. The Bertz CT molecular complexity index is 604. The number of hydrogen-bond donors (Lipinski definition) is 1. The summed E-state index contributed by atoms with van der Waals surface area (Å²) in [5.41, 5.74) is -1.84. The van der Waals surface area contributed by atoms with Crippen molar-refractivity contribution in [2.45, 2.75) is 45.6 Å². The minimum Gasteiger partial charge on any atom is -0.465 e. The number of carboxylic acid groups (broad SMARTS) is 1. The van der Waals surface area contributed by atoms with E-state index >= 15 is 0 Å². The highest BCUT2D eigenvalue weighted by molar-refractivity contribution is 5.93. The quantitative estimate of drug-likeness (QED) is 0.856. The molecule has 0 unspecified atom stereocenters. The maximum atomic E-state index is 13.7. The SMILES string of the molecule is CC(C)(C)[C@]1(c2cc(F)cc(F)c2)CCCC(=O)N1C(=O)O. The van der Waals surface area contributed by atoms with Crippen LogP contribution in [-0.4, -0.2) is 22.0 Å². The van der Waals surface area contributed by atoms with Gasteiger partial charge in [0.15, 0.2) is 0 Å². The van der Waals surface area contributed by atoms with Gasteiger partial charge in [-0.2, -0.15) is 0 Å². The Morgan fingerprint density at radius 3 is 2.23 bits per heavy atom. The van der Waals surface area contributed by atoms with Gasteiger partial charge in [0.2, 0.25) is 5.91 Å². The molecule has 1 aliphatic heterocycles. The lowest BCUT2D eigenvalue weighted by molar-refractivity contribution is -0.145. The van der Waals surface area contributed by atoms with E-state index in [1.54, 1.807) is 20.8 Å². The van der Waals surface area contributed by atoms with Crippen molar-refractivity contribution in [1.29, 1.82) is 0 Å². The smallest absolute Gasteiger partial charge is 0.414 e. The van der Waals surface area contributed by atoms with E-state index < -0.39 is 34.6 Å². The van der Waals surface area contributed by atoms with E-state index in [1.807, 2.05) is 0 Å². The third kappa shape index (κ3) is 2.46. The van der Waals surface area contributed by atoms with Gasteiger partial charge in [0.1, 0.15) is 11.6 Å². The van der Waals surface area contributed by atoms with E-state index in [1.165, 1.54) is 0 Å². The van der Waals surface area contributed by atoms with Gasteiger partial charge in [-0.15, -0.1) is 0 Å². The minimum atomic E-state index is -1.40. The van der Waals surface area contributed by atoms with E-state index in [-0.39, 0.29) is 12.0 Å². The van der Waals surface area contributed by atoms with E-state index in [2.05, 4.69) is 0 Å². The van der Waals surface area contributed by atoms with E-state index in [9.17, 15) is 23.5 Å². The number of carbonyl (C=O) groups is 2. The predicted octanol–water partition coefficient (Wildman–Crippen LogP) is 3.90. The molecule has 0 radical (unpaired) electrons. The van der Waals surface area contributed by atoms with Gasteiger partial charge < -0.3 is 5.11 Å². The average Bonchev–Trinajstić information content (AvgIpc) is 2.35. The number of imide groups is 1. The molecule has 2 rings (SSSR count). The Labute approximate surface area is 127 Å². The molecule has 1 saturated heterocycles. The number of nitrogens with zero attached hydrogens (tertiary/aromatic N) is 1. The fourth-order valence-electron chi connectivity index (χ4n) is 3.41. The zero-order valence-corrected chi connectivity index (χ0v) is 12.8. The number of carbonyl (C=O) groups excluding carboxylic acids is 1. The topological polar surface area (TPSA) is 57.6 Å². The second kappa shape index (κ2) is 5.34. The second-order valence-electron chi connectivity index (χ2n) is 6.63. The number of rotatable bonds is 1. The molecule has 120 valence electrons. The van der Waals surface area contributed by atoms with Gasteiger partial charge in [0.25, 0.3) is 0 Å². The van der Waals surface area contributed by atoms with Crippen molar-refractivity contribution < 1.29 is 23.5 Å². The summed E-state index contributed by atoms with van der Waals surface area (Å²) in [5.74, 6) is -2.12. The summed E-state index contributed by atoms with van der Waals surface area (Å²) < 4.78 is 27.4. The largest absolute Gasteiger partial charge is 0.465 e. The van der Waals surface area contributed by atoms with Gasteiger partial charge in [-0.1, -0.05) is 20.8 Å². The molecular formula is C16H19F2NO3. The zero-order chi connectivity index (χ0) is 16.7. The molecule has 0 aliphatic carbocycles. The molecule has 1 atom stereocenters. The molecule has 1 aliphatic rings. The number of halogens is 2. The van der Waals surface area contributed by atoms with E-state index in [4.69, 9.17) is 0 Å². The van der Waals surface area contributed by atoms with Crippen LogP contribution in [0.2, 0.25) is 0 Å². The lowest BCUT2D eigenvalue weighted by atomic mass is 9.64. The molecule has 0 aromatic heterocycles. The molecule has 2 amide bonds. The molecule has 0 spiro atoms. The molecule has 1 heterocycles. The van der Waals surface area contributed by atoms with Crippen LogP contribution >= 0.6 is 0 Å². The van der Waals surface area contributed by atoms with Crippen LogP contribution in [-0.2, 0) is 10.3 Å². The van der Waals surface area contributed by atoms with Crippen LogP contribution in [0.5, 0.6) is 0 Å². The lowest BCUT2D eigenvalue weighted by Gasteiger charge is -2.52. The van der Waals surface area contributed by atoms with Gasteiger partial charge in [0.05, 0.1) is 5.54 Å². The molecule has 1 aromatic rings. The normalized spacial score (nSPS) is 22.8. The first-order valence-electron chi connectivity index (χ1n) is 7.12. The molecule has 22 heavy (non-hydrogen) atoms.